The fourth-order valence-corrected chi connectivity index (χ4v) is 4.05. The van der Waals surface area contributed by atoms with Gasteiger partial charge in [0.15, 0.2) is 0 Å². The third kappa shape index (κ3) is 5.54. The van der Waals surface area contributed by atoms with Crippen LogP contribution >= 0.6 is 11.6 Å². The van der Waals surface area contributed by atoms with Gasteiger partial charge in [0.2, 0.25) is 0 Å². The van der Waals surface area contributed by atoms with Crippen molar-refractivity contribution in [3.05, 3.63) is 64.2 Å². The number of carbonyl (C=O) groups is 2. The summed E-state index contributed by atoms with van der Waals surface area (Å²) in [6.45, 7) is 5.57. The first-order valence-corrected chi connectivity index (χ1v) is 11.7. The Bertz CT molecular complexity index is 1050. The molecule has 1 fully saturated rings. The quantitative estimate of drug-likeness (QED) is 0.208. The predicted octanol–water partition coefficient (Wildman–Crippen LogP) is 4.99. The molecule has 8 heteroatoms. The summed E-state index contributed by atoms with van der Waals surface area (Å²) in [5, 5.41) is 11.6. The standard InChI is InChI=1S/C26H30ClNO6/c1-4-14-34-19-10-7-17(8-11-19)23-22(25(30)26(31)28(23)13-6-15-32-3)24(29)18-9-12-20(27)21(16-18)33-5-2/h7-12,16,23,29H,4-6,13-15H2,1-3H3/b24-22-. The normalized spacial score (nSPS) is 17.3. The van der Waals surface area contributed by atoms with Crippen LogP contribution in [0.15, 0.2) is 48.0 Å². The van der Waals surface area contributed by atoms with Gasteiger partial charge < -0.3 is 24.2 Å². The number of ketones is 1. The Morgan fingerprint density at radius 1 is 1.06 bits per heavy atom. The summed E-state index contributed by atoms with van der Waals surface area (Å²) in [6, 6.07) is 11.2. The van der Waals surface area contributed by atoms with Crippen LogP contribution < -0.4 is 9.47 Å². The number of aliphatic hydroxyl groups excluding tert-OH is 1. The van der Waals surface area contributed by atoms with E-state index in [2.05, 4.69) is 0 Å². The van der Waals surface area contributed by atoms with Gasteiger partial charge in [-0.25, -0.2) is 0 Å². The summed E-state index contributed by atoms with van der Waals surface area (Å²) in [4.78, 5) is 27.6. The van der Waals surface area contributed by atoms with Crippen molar-refractivity contribution >= 4 is 29.1 Å². The van der Waals surface area contributed by atoms with Gasteiger partial charge in [0.05, 0.1) is 29.9 Å². The molecule has 0 spiro atoms. The van der Waals surface area contributed by atoms with Crippen LogP contribution in [0.1, 0.15) is 43.9 Å². The van der Waals surface area contributed by atoms with Crippen LogP contribution in [0.3, 0.4) is 0 Å². The van der Waals surface area contributed by atoms with Crippen LogP contribution in [0.5, 0.6) is 11.5 Å². The van der Waals surface area contributed by atoms with Crippen LogP contribution in [0.25, 0.3) is 5.76 Å². The Kier molecular flexibility index (Phi) is 8.96. The number of amides is 1. The molecule has 1 unspecified atom stereocenters. The van der Waals surface area contributed by atoms with Crippen LogP contribution in [0.2, 0.25) is 5.02 Å². The van der Waals surface area contributed by atoms with Gasteiger partial charge in [-0.15, -0.1) is 0 Å². The molecule has 0 aliphatic carbocycles. The highest BCUT2D eigenvalue weighted by molar-refractivity contribution is 6.46. The maximum atomic E-state index is 13.1. The average Bonchev–Trinajstić information content (AvgIpc) is 3.09. The molecule has 2 aromatic carbocycles. The van der Waals surface area contributed by atoms with Crippen LogP contribution in [-0.4, -0.2) is 55.2 Å². The summed E-state index contributed by atoms with van der Waals surface area (Å²) >= 11 is 6.19. The number of hydrogen-bond acceptors (Lipinski definition) is 6. The number of nitrogens with zero attached hydrogens (tertiary/aromatic N) is 1. The second-order valence-electron chi connectivity index (χ2n) is 7.83. The molecular formula is C26H30ClNO6. The van der Waals surface area contributed by atoms with Crippen molar-refractivity contribution in [2.45, 2.75) is 32.7 Å². The van der Waals surface area contributed by atoms with E-state index < -0.39 is 17.7 Å². The summed E-state index contributed by atoms with van der Waals surface area (Å²) in [6.07, 6.45) is 1.43. The summed E-state index contributed by atoms with van der Waals surface area (Å²) in [5.74, 6) is -0.592. The van der Waals surface area contributed by atoms with Gasteiger partial charge >= 0.3 is 0 Å². The molecule has 1 heterocycles. The van der Waals surface area contributed by atoms with Gasteiger partial charge in [0.1, 0.15) is 17.3 Å². The number of carbonyl (C=O) groups excluding carboxylic acids is 2. The minimum Gasteiger partial charge on any atom is -0.507 e. The van der Waals surface area contributed by atoms with Crippen molar-refractivity contribution in [1.29, 1.82) is 0 Å². The fourth-order valence-electron chi connectivity index (χ4n) is 3.87. The van der Waals surface area contributed by atoms with Crippen LogP contribution in [-0.2, 0) is 14.3 Å². The average molecular weight is 488 g/mol. The van der Waals surface area contributed by atoms with E-state index in [1.54, 1.807) is 37.4 Å². The van der Waals surface area contributed by atoms with E-state index in [1.807, 2.05) is 26.0 Å². The monoisotopic (exact) mass is 487 g/mol. The Balaban J connectivity index is 2.08. The van der Waals surface area contributed by atoms with Gasteiger partial charge in [-0.1, -0.05) is 30.7 Å². The Labute approximate surface area is 204 Å². The molecule has 0 bridgehead atoms. The van der Waals surface area contributed by atoms with Gasteiger partial charge in [0.25, 0.3) is 11.7 Å². The summed E-state index contributed by atoms with van der Waals surface area (Å²) in [5.41, 5.74) is 1.06. The molecule has 1 aliphatic heterocycles. The largest absolute Gasteiger partial charge is 0.507 e. The number of likely N-dealkylation sites (tertiary alicyclic amines) is 1. The number of rotatable bonds is 11. The number of benzene rings is 2. The third-order valence-electron chi connectivity index (χ3n) is 5.46. The molecule has 34 heavy (non-hydrogen) atoms. The molecule has 0 saturated carbocycles. The van der Waals surface area contributed by atoms with Crippen molar-refractivity contribution in [1.82, 2.24) is 4.90 Å². The molecule has 1 aliphatic rings. The van der Waals surface area contributed by atoms with Crippen molar-refractivity contribution in [2.24, 2.45) is 0 Å². The number of ether oxygens (including phenoxy) is 3. The fraction of sp³-hybridized carbons (Fsp3) is 0.385. The first kappa shape index (κ1) is 25.6. The van der Waals surface area contributed by atoms with E-state index in [4.69, 9.17) is 25.8 Å². The van der Waals surface area contributed by atoms with Crippen molar-refractivity contribution in [2.75, 3.05) is 33.5 Å². The number of aliphatic hydroxyl groups is 1. The minimum atomic E-state index is -0.747. The Morgan fingerprint density at radius 3 is 2.44 bits per heavy atom. The van der Waals surface area contributed by atoms with E-state index >= 15 is 0 Å². The lowest BCUT2D eigenvalue weighted by atomic mass is 9.95. The molecule has 7 nitrogen and oxygen atoms in total. The molecule has 1 N–H and O–H groups in total. The highest BCUT2D eigenvalue weighted by atomic mass is 35.5. The Hall–Kier alpha value is -3.03. The van der Waals surface area contributed by atoms with Gasteiger partial charge in [-0.3, -0.25) is 9.59 Å². The molecule has 3 rings (SSSR count). The lowest BCUT2D eigenvalue weighted by Crippen LogP contribution is -2.31. The van der Waals surface area contributed by atoms with Crippen molar-refractivity contribution in [3.63, 3.8) is 0 Å². The molecule has 1 atom stereocenters. The van der Waals surface area contributed by atoms with E-state index in [0.717, 1.165) is 6.42 Å². The zero-order chi connectivity index (χ0) is 24.7. The van der Waals surface area contributed by atoms with E-state index in [-0.39, 0.29) is 11.3 Å². The molecule has 0 radical (unpaired) electrons. The number of Topliss-reactive ketones (excluding diaryl/α,β-unsaturated/α-hetero) is 1. The van der Waals surface area contributed by atoms with Crippen LogP contribution in [0, 0.1) is 0 Å². The maximum absolute atomic E-state index is 13.1. The molecular weight excluding hydrogens is 458 g/mol. The molecule has 1 amide bonds. The highest BCUT2D eigenvalue weighted by Gasteiger charge is 2.45. The predicted molar refractivity (Wildman–Crippen MR) is 130 cm³/mol. The van der Waals surface area contributed by atoms with Crippen molar-refractivity contribution < 1.29 is 28.9 Å². The lowest BCUT2D eigenvalue weighted by Gasteiger charge is -2.25. The van der Waals surface area contributed by atoms with E-state index in [1.165, 1.54) is 4.90 Å². The number of hydrogen-bond donors (Lipinski definition) is 1. The minimum absolute atomic E-state index is 0.0226. The smallest absolute Gasteiger partial charge is 0.295 e. The topological polar surface area (TPSA) is 85.3 Å². The highest BCUT2D eigenvalue weighted by Crippen LogP contribution is 2.40. The van der Waals surface area contributed by atoms with Gasteiger partial charge in [-0.05, 0) is 55.7 Å². The Morgan fingerprint density at radius 2 is 1.79 bits per heavy atom. The third-order valence-corrected chi connectivity index (χ3v) is 5.77. The SMILES string of the molecule is CCCOc1ccc(C2/C(=C(/O)c3ccc(Cl)c(OCC)c3)C(=O)C(=O)N2CCCOC)cc1. The molecule has 0 aromatic heterocycles. The molecule has 182 valence electrons. The number of halogens is 1. The van der Waals surface area contributed by atoms with Gasteiger partial charge in [-0.2, -0.15) is 0 Å². The maximum Gasteiger partial charge on any atom is 0.295 e. The lowest BCUT2D eigenvalue weighted by molar-refractivity contribution is -0.140. The van der Waals surface area contributed by atoms with Crippen LogP contribution in [0.4, 0.5) is 0 Å². The first-order chi connectivity index (χ1) is 16.4. The summed E-state index contributed by atoms with van der Waals surface area (Å²) < 4.78 is 16.3. The second kappa shape index (κ2) is 11.9. The zero-order valence-electron chi connectivity index (χ0n) is 19.7. The van der Waals surface area contributed by atoms with E-state index in [9.17, 15) is 14.7 Å². The molecule has 1 saturated heterocycles. The zero-order valence-corrected chi connectivity index (χ0v) is 20.4. The van der Waals surface area contributed by atoms with Crippen molar-refractivity contribution in [3.8, 4) is 11.5 Å². The van der Waals surface area contributed by atoms with Gasteiger partial charge in [0, 0.05) is 25.8 Å². The summed E-state index contributed by atoms with van der Waals surface area (Å²) in [7, 11) is 1.58. The molecule has 2 aromatic rings. The second-order valence-corrected chi connectivity index (χ2v) is 8.24. The number of methoxy groups -OCH3 is 1. The first-order valence-electron chi connectivity index (χ1n) is 11.4. The van der Waals surface area contributed by atoms with E-state index in [0.29, 0.717) is 60.4 Å².